The minimum Gasteiger partial charge on any atom is -0.496 e. The fourth-order valence-corrected chi connectivity index (χ4v) is 3.75. The molecule has 3 amide bonds. The molecule has 190 valence electrons. The van der Waals surface area contributed by atoms with Crippen molar-refractivity contribution in [3.8, 4) is 17.2 Å². The van der Waals surface area contributed by atoms with E-state index in [1.54, 1.807) is 18.2 Å². The Morgan fingerprint density at radius 2 is 1.92 bits per heavy atom. The van der Waals surface area contributed by atoms with E-state index in [2.05, 4.69) is 20.9 Å². The number of hydrogen-bond acceptors (Lipinski definition) is 7. The van der Waals surface area contributed by atoms with Crippen molar-refractivity contribution in [3.63, 3.8) is 0 Å². The number of benzene rings is 2. The average molecular weight is 535 g/mol. The van der Waals surface area contributed by atoms with Crippen LogP contribution in [0.15, 0.2) is 42.6 Å². The SMILES string of the molecule is COc1cc2nccc(Oc3ccc(NC(=O)NC4CC4)c(Cl)c3)c2cc1C(=O)NC(C)S(=O)(=O)O. The summed E-state index contributed by atoms with van der Waals surface area (Å²) in [4.78, 5) is 29.0. The quantitative estimate of drug-likeness (QED) is 0.317. The molecule has 0 aliphatic heterocycles. The molecule has 1 aromatic heterocycles. The summed E-state index contributed by atoms with van der Waals surface area (Å²) in [5.74, 6) is 0.0667. The molecule has 0 radical (unpaired) electrons. The number of hydrogen-bond donors (Lipinski definition) is 4. The summed E-state index contributed by atoms with van der Waals surface area (Å²) in [5.41, 5.74) is 0.876. The molecule has 2 aromatic carbocycles. The number of urea groups is 1. The number of anilines is 1. The Morgan fingerprint density at radius 1 is 1.17 bits per heavy atom. The monoisotopic (exact) mass is 534 g/mol. The van der Waals surface area contributed by atoms with Crippen LogP contribution in [-0.2, 0) is 10.1 Å². The van der Waals surface area contributed by atoms with Gasteiger partial charge in [-0.05, 0) is 44.0 Å². The van der Waals surface area contributed by atoms with Crippen LogP contribution in [0.4, 0.5) is 10.5 Å². The number of amides is 3. The number of ether oxygens (including phenoxy) is 2. The van der Waals surface area contributed by atoms with Crippen molar-refractivity contribution in [3.05, 3.63) is 53.2 Å². The minimum atomic E-state index is -4.49. The molecule has 1 aliphatic carbocycles. The van der Waals surface area contributed by atoms with Crippen molar-refractivity contribution in [2.75, 3.05) is 12.4 Å². The van der Waals surface area contributed by atoms with Crippen LogP contribution in [0.25, 0.3) is 10.9 Å². The Balaban J connectivity index is 1.61. The van der Waals surface area contributed by atoms with Crippen molar-refractivity contribution < 1.29 is 32.0 Å². The number of rotatable bonds is 8. The number of nitrogens with zero attached hydrogens (tertiary/aromatic N) is 1. The highest BCUT2D eigenvalue weighted by molar-refractivity contribution is 7.86. The second-order valence-electron chi connectivity index (χ2n) is 8.13. The predicted octanol–water partition coefficient (Wildman–Crippen LogP) is 3.94. The predicted molar refractivity (Wildman–Crippen MR) is 133 cm³/mol. The van der Waals surface area contributed by atoms with Crippen LogP contribution in [0.2, 0.25) is 5.02 Å². The summed E-state index contributed by atoms with van der Waals surface area (Å²) in [5, 5.41) is 6.88. The minimum absolute atomic E-state index is 0.0117. The summed E-state index contributed by atoms with van der Waals surface area (Å²) >= 11 is 6.33. The van der Waals surface area contributed by atoms with Gasteiger partial charge in [-0.3, -0.25) is 14.3 Å². The Labute approximate surface area is 211 Å². The topological polar surface area (TPSA) is 156 Å². The van der Waals surface area contributed by atoms with Gasteiger partial charge in [0.1, 0.15) is 17.2 Å². The summed E-state index contributed by atoms with van der Waals surface area (Å²) in [7, 11) is -3.13. The fourth-order valence-electron chi connectivity index (χ4n) is 3.28. The van der Waals surface area contributed by atoms with E-state index in [0.29, 0.717) is 28.1 Å². The lowest BCUT2D eigenvalue weighted by Crippen LogP contribution is -2.38. The van der Waals surface area contributed by atoms with E-state index >= 15 is 0 Å². The van der Waals surface area contributed by atoms with Crippen molar-refractivity contribution in [2.24, 2.45) is 0 Å². The van der Waals surface area contributed by atoms with Gasteiger partial charge in [-0.2, -0.15) is 8.42 Å². The molecule has 1 fully saturated rings. The normalized spacial score (nSPS) is 14.1. The molecule has 36 heavy (non-hydrogen) atoms. The van der Waals surface area contributed by atoms with Crippen LogP contribution in [0.5, 0.6) is 17.2 Å². The number of carbonyl (C=O) groups is 2. The molecule has 3 aromatic rings. The molecule has 0 spiro atoms. The highest BCUT2D eigenvalue weighted by Crippen LogP contribution is 2.35. The Morgan fingerprint density at radius 3 is 2.56 bits per heavy atom. The first-order chi connectivity index (χ1) is 17.0. The van der Waals surface area contributed by atoms with Crippen LogP contribution in [0.1, 0.15) is 30.1 Å². The standard InChI is InChI=1S/C23H23ClN4O7S/c1-12(36(31,32)33)26-22(29)16-10-15-19(11-21(16)34-2)25-8-7-20(15)35-14-5-6-18(17(24)9-14)28-23(30)27-13-3-4-13/h5-13H,3-4H2,1-2H3,(H,26,29)(H2,27,28,30)(H,31,32,33). The summed E-state index contributed by atoms with van der Waals surface area (Å²) in [6.07, 6.45) is 3.43. The molecule has 1 atom stereocenters. The highest BCUT2D eigenvalue weighted by Gasteiger charge is 2.24. The second kappa shape index (κ2) is 10.2. The first-order valence-electron chi connectivity index (χ1n) is 10.8. The molecule has 0 bridgehead atoms. The zero-order chi connectivity index (χ0) is 26.0. The van der Waals surface area contributed by atoms with Gasteiger partial charge < -0.3 is 25.4 Å². The van der Waals surface area contributed by atoms with Crippen molar-refractivity contribution in [1.29, 1.82) is 0 Å². The number of aromatic nitrogens is 1. The number of pyridine rings is 1. The number of halogens is 1. The molecule has 4 rings (SSSR count). The lowest BCUT2D eigenvalue weighted by atomic mass is 10.1. The van der Waals surface area contributed by atoms with Gasteiger partial charge in [-0.1, -0.05) is 11.6 Å². The van der Waals surface area contributed by atoms with Crippen LogP contribution >= 0.6 is 11.6 Å². The smallest absolute Gasteiger partial charge is 0.319 e. The Bertz CT molecular complexity index is 1440. The lowest BCUT2D eigenvalue weighted by molar-refractivity contribution is 0.0946. The highest BCUT2D eigenvalue weighted by atomic mass is 35.5. The molecule has 4 N–H and O–H groups in total. The summed E-state index contributed by atoms with van der Waals surface area (Å²) in [6.45, 7) is 1.13. The van der Waals surface area contributed by atoms with E-state index in [-0.39, 0.29) is 28.4 Å². The third-order valence-corrected chi connectivity index (χ3v) is 6.70. The second-order valence-corrected chi connectivity index (χ2v) is 10.3. The van der Waals surface area contributed by atoms with E-state index in [1.165, 1.54) is 31.5 Å². The third-order valence-electron chi connectivity index (χ3n) is 5.38. The number of nitrogens with one attached hydrogen (secondary N) is 3. The van der Waals surface area contributed by atoms with Crippen molar-refractivity contribution >= 4 is 50.2 Å². The van der Waals surface area contributed by atoms with Gasteiger partial charge >= 0.3 is 6.03 Å². The molecular formula is C23H23ClN4O7S. The molecule has 1 unspecified atom stereocenters. The Kier molecular flexibility index (Phi) is 7.20. The largest absolute Gasteiger partial charge is 0.496 e. The molecule has 13 heteroatoms. The molecule has 1 heterocycles. The van der Waals surface area contributed by atoms with E-state index in [1.807, 2.05) is 0 Å². The van der Waals surface area contributed by atoms with Crippen LogP contribution < -0.4 is 25.4 Å². The maximum absolute atomic E-state index is 12.8. The maximum atomic E-state index is 12.8. The van der Waals surface area contributed by atoms with Gasteiger partial charge in [0.05, 0.1) is 28.9 Å². The zero-order valence-electron chi connectivity index (χ0n) is 19.2. The Hall–Kier alpha value is -3.61. The first kappa shape index (κ1) is 25.5. The van der Waals surface area contributed by atoms with Crippen LogP contribution in [0, 0.1) is 0 Å². The maximum Gasteiger partial charge on any atom is 0.319 e. The first-order valence-corrected chi connectivity index (χ1v) is 12.7. The molecule has 0 saturated heterocycles. The van der Waals surface area contributed by atoms with Gasteiger partial charge in [0.15, 0.2) is 5.37 Å². The zero-order valence-corrected chi connectivity index (χ0v) is 20.8. The summed E-state index contributed by atoms with van der Waals surface area (Å²) in [6, 6.07) is 9.16. The molecule has 11 nitrogen and oxygen atoms in total. The fraction of sp³-hybridized carbons (Fsp3) is 0.261. The number of carbonyl (C=O) groups excluding carboxylic acids is 2. The van der Waals surface area contributed by atoms with Gasteiger partial charge in [0, 0.05) is 29.8 Å². The van der Waals surface area contributed by atoms with Gasteiger partial charge in [-0.25, -0.2) is 4.79 Å². The van der Waals surface area contributed by atoms with Gasteiger partial charge in [-0.15, -0.1) is 0 Å². The van der Waals surface area contributed by atoms with E-state index in [9.17, 15) is 22.6 Å². The molecule has 1 aliphatic rings. The lowest BCUT2D eigenvalue weighted by Gasteiger charge is -2.15. The average Bonchev–Trinajstić information content (AvgIpc) is 3.63. The third kappa shape index (κ3) is 5.96. The van der Waals surface area contributed by atoms with E-state index in [0.717, 1.165) is 19.8 Å². The molecular weight excluding hydrogens is 512 g/mol. The molecule has 1 saturated carbocycles. The van der Waals surface area contributed by atoms with Crippen LogP contribution in [0.3, 0.4) is 0 Å². The van der Waals surface area contributed by atoms with Crippen molar-refractivity contribution in [2.45, 2.75) is 31.2 Å². The van der Waals surface area contributed by atoms with Crippen LogP contribution in [-0.4, -0.2) is 48.4 Å². The van der Waals surface area contributed by atoms with E-state index < -0.39 is 21.4 Å². The van der Waals surface area contributed by atoms with Crippen molar-refractivity contribution in [1.82, 2.24) is 15.6 Å². The summed E-state index contributed by atoms with van der Waals surface area (Å²) < 4.78 is 43.1. The van der Waals surface area contributed by atoms with E-state index in [4.69, 9.17) is 21.1 Å². The van der Waals surface area contributed by atoms with Gasteiger partial charge in [0.25, 0.3) is 16.0 Å². The number of fused-ring (bicyclic) bond motifs is 1. The van der Waals surface area contributed by atoms with Gasteiger partial charge in [0.2, 0.25) is 0 Å². The number of methoxy groups -OCH3 is 1.